The number of rotatable bonds is 5. The number of hydrogen-bond acceptors (Lipinski definition) is 8. The number of hydrogen-bond donors (Lipinski definition) is 1. The summed E-state index contributed by atoms with van der Waals surface area (Å²) in [6, 6.07) is -1.56. The van der Waals surface area contributed by atoms with Crippen LogP contribution in [0.3, 0.4) is 0 Å². The van der Waals surface area contributed by atoms with Gasteiger partial charge in [0.15, 0.2) is 6.04 Å². The van der Waals surface area contributed by atoms with Crippen LogP contribution in [0.2, 0.25) is 0 Å². The third-order valence-electron chi connectivity index (χ3n) is 3.33. The minimum absolute atomic E-state index is 0.314. The second-order valence-electron chi connectivity index (χ2n) is 5.09. The highest BCUT2D eigenvalue weighted by Gasteiger charge is 2.54. The van der Waals surface area contributed by atoms with Gasteiger partial charge in [0.1, 0.15) is 18.0 Å². The Morgan fingerprint density at radius 1 is 1.48 bits per heavy atom. The fourth-order valence-corrected chi connectivity index (χ4v) is 4.71. The number of fused-ring (bicyclic) bond motifs is 1. The third kappa shape index (κ3) is 5.31. The lowest BCUT2D eigenvalue weighted by atomic mass is 9.99. The van der Waals surface area contributed by atoms with Crippen LogP contribution in [-0.4, -0.2) is 61.4 Å². The second kappa shape index (κ2) is 8.86. The number of carbonyl (C=O) groups is 2. The van der Waals surface area contributed by atoms with E-state index in [1.54, 1.807) is 5.41 Å². The highest BCUT2D eigenvalue weighted by atomic mass is 35.6. The van der Waals surface area contributed by atoms with Crippen LogP contribution in [0.5, 0.6) is 0 Å². The number of esters is 1. The summed E-state index contributed by atoms with van der Waals surface area (Å²) >= 11 is 24.6. The molecular formula is C13H15Cl3N2O4S3. The van der Waals surface area contributed by atoms with Crippen molar-refractivity contribution in [1.29, 1.82) is 0 Å². The summed E-state index contributed by atoms with van der Waals surface area (Å²) in [5.74, 6) is -0.632. The van der Waals surface area contributed by atoms with Crippen molar-refractivity contribution in [3.05, 3.63) is 11.0 Å². The number of alkyl halides is 3. The van der Waals surface area contributed by atoms with Gasteiger partial charge in [-0.05, 0) is 30.1 Å². The van der Waals surface area contributed by atoms with Crippen molar-refractivity contribution < 1.29 is 19.1 Å². The standard InChI is InChI=1S/C13H15Cl3N2O4S3/c1-2-21-12(23)25-4-6-3-24-10-7(17)9(19)18(10)8(6)11(20)22-5-13(14,15)16/h3,7-8,10H,2,4-5,17H2,1H3/t7?,8?,10-/m1/s1. The molecule has 2 rings (SSSR count). The van der Waals surface area contributed by atoms with Gasteiger partial charge < -0.3 is 20.1 Å². The van der Waals surface area contributed by atoms with Crippen molar-refractivity contribution in [1.82, 2.24) is 4.90 Å². The molecule has 2 heterocycles. The predicted molar refractivity (Wildman–Crippen MR) is 106 cm³/mol. The first kappa shape index (κ1) is 21.4. The van der Waals surface area contributed by atoms with Gasteiger partial charge in [0.05, 0.1) is 6.61 Å². The van der Waals surface area contributed by atoms with Crippen molar-refractivity contribution >= 4 is 86.8 Å². The minimum atomic E-state index is -1.73. The van der Waals surface area contributed by atoms with E-state index < -0.39 is 28.5 Å². The molecule has 0 aromatic rings. The Kier molecular flexibility index (Phi) is 7.58. The quantitative estimate of drug-likeness (QED) is 0.287. The summed E-state index contributed by atoms with van der Waals surface area (Å²) < 4.78 is 8.91. The molecule has 0 saturated carbocycles. The van der Waals surface area contributed by atoms with E-state index in [0.29, 0.717) is 22.3 Å². The van der Waals surface area contributed by atoms with Crippen molar-refractivity contribution in [2.75, 3.05) is 19.0 Å². The van der Waals surface area contributed by atoms with Crippen LogP contribution in [-0.2, 0) is 19.1 Å². The van der Waals surface area contributed by atoms with Crippen LogP contribution in [0, 0.1) is 0 Å². The summed E-state index contributed by atoms with van der Waals surface area (Å²) in [5, 5.41) is 1.49. The average Bonchev–Trinajstić information content (AvgIpc) is 2.55. The Hall–Kier alpha value is 0.1000. The number of nitrogens with zero attached hydrogens (tertiary/aromatic N) is 1. The molecule has 3 atom stereocenters. The molecule has 1 fully saturated rings. The maximum Gasteiger partial charge on any atom is 0.333 e. The SMILES string of the molecule is CCOC(=S)SCC1=CS[C@@H]2C(N)C(=O)N2C1C(=O)OCC(Cl)(Cl)Cl. The first-order chi connectivity index (χ1) is 11.7. The molecule has 2 aliphatic rings. The normalized spacial score (nSPS) is 25.6. The van der Waals surface area contributed by atoms with Gasteiger partial charge in [0.2, 0.25) is 14.1 Å². The predicted octanol–water partition coefficient (Wildman–Crippen LogP) is 2.45. The van der Waals surface area contributed by atoms with Crippen LogP contribution in [0.1, 0.15) is 6.92 Å². The molecule has 2 aliphatic heterocycles. The summed E-state index contributed by atoms with van der Waals surface area (Å²) in [5.41, 5.74) is 6.44. The first-order valence-corrected chi connectivity index (χ1v) is 10.6. The van der Waals surface area contributed by atoms with E-state index in [0.717, 1.165) is 0 Å². The van der Waals surface area contributed by atoms with Gasteiger partial charge >= 0.3 is 5.97 Å². The maximum atomic E-state index is 12.5. The average molecular weight is 466 g/mol. The Balaban J connectivity index is 2.12. The highest BCUT2D eigenvalue weighted by molar-refractivity contribution is 8.22. The Morgan fingerprint density at radius 3 is 2.76 bits per heavy atom. The van der Waals surface area contributed by atoms with Crippen molar-refractivity contribution in [2.24, 2.45) is 5.73 Å². The van der Waals surface area contributed by atoms with Crippen molar-refractivity contribution in [3.8, 4) is 0 Å². The van der Waals surface area contributed by atoms with E-state index in [1.807, 2.05) is 6.92 Å². The van der Waals surface area contributed by atoms with Crippen molar-refractivity contribution in [2.45, 2.75) is 28.2 Å². The molecule has 0 radical (unpaired) electrons. The van der Waals surface area contributed by atoms with E-state index in [9.17, 15) is 9.59 Å². The molecule has 0 aliphatic carbocycles. The number of thiocarbonyl (C=S) groups is 1. The zero-order chi connectivity index (χ0) is 18.8. The molecule has 6 nitrogen and oxygen atoms in total. The van der Waals surface area contributed by atoms with Crippen LogP contribution in [0.15, 0.2) is 11.0 Å². The zero-order valence-corrected chi connectivity index (χ0v) is 17.7. The number of carbonyl (C=O) groups excluding carboxylic acids is 2. The highest BCUT2D eigenvalue weighted by Crippen LogP contribution is 2.40. The lowest BCUT2D eigenvalue weighted by molar-refractivity contribution is -0.161. The third-order valence-corrected chi connectivity index (χ3v) is 6.20. The number of halogens is 3. The largest absolute Gasteiger partial charge is 0.479 e. The van der Waals surface area contributed by atoms with E-state index in [1.165, 1.54) is 28.4 Å². The summed E-state index contributed by atoms with van der Waals surface area (Å²) in [6.45, 7) is 1.86. The van der Waals surface area contributed by atoms with Gasteiger partial charge in [0.25, 0.3) is 0 Å². The Morgan fingerprint density at radius 2 is 2.16 bits per heavy atom. The molecule has 2 N–H and O–H groups in total. The molecule has 2 unspecified atom stereocenters. The van der Waals surface area contributed by atoms with Crippen LogP contribution in [0.4, 0.5) is 0 Å². The molecule has 12 heteroatoms. The maximum absolute atomic E-state index is 12.5. The van der Waals surface area contributed by atoms with E-state index in [4.69, 9.17) is 62.2 Å². The van der Waals surface area contributed by atoms with E-state index in [-0.39, 0.29) is 11.3 Å². The first-order valence-electron chi connectivity index (χ1n) is 7.10. The topological polar surface area (TPSA) is 81.9 Å². The number of β-lactam (4-membered cyclic amide) rings is 1. The van der Waals surface area contributed by atoms with Gasteiger partial charge in [-0.2, -0.15) is 0 Å². The minimum Gasteiger partial charge on any atom is -0.479 e. The van der Waals surface area contributed by atoms with Crippen LogP contribution in [0.25, 0.3) is 0 Å². The zero-order valence-electron chi connectivity index (χ0n) is 12.9. The number of nitrogens with two attached hydrogens (primary N) is 1. The molecule has 1 amide bonds. The number of ether oxygens (including phenoxy) is 2. The van der Waals surface area contributed by atoms with Gasteiger partial charge in [-0.25, -0.2) is 4.79 Å². The molecule has 0 bridgehead atoms. The van der Waals surface area contributed by atoms with Gasteiger partial charge in [0, 0.05) is 5.75 Å². The van der Waals surface area contributed by atoms with Crippen molar-refractivity contribution in [3.63, 3.8) is 0 Å². The smallest absolute Gasteiger partial charge is 0.333 e. The lowest BCUT2D eigenvalue weighted by Crippen LogP contribution is -2.72. The van der Waals surface area contributed by atoms with Crippen LogP contribution >= 0.6 is 70.5 Å². The molecule has 0 aromatic heterocycles. The van der Waals surface area contributed by atoms with E-state index in [2.05, 4.69) is 0 Å². The fraction of sp³-hybridized carbons (Fsp3) is 0.615. The Labute approximate surface area is 174 Å². The summed E-state index contributed by atoms with van der Waals surface area (Å²) in [6.07, 6.45) is 0. The second-order valence-corrected chi connectivity index (χ2v) is 10.2. The number of thioether (sulfide) groups is 2. The van der Waals surface area contributed by atoms with Gasteiger partial charge in [-0.1, -0.05) is 46.6 Å². The summed E-state index contributed by atoms with van der Waals surface area (Å²) in [7, 11) is 0. The molecule has 25 heavy (non-hydrogen) atoms. The molecule has 0 aromatic carbocycles. The summed E-state index contributed by atoms with van der Waals surface area (Å²) in [4.78, 5) is 26.0. The molecule has 1 saturated heterocycles. The lowest BCUT2D eigenvalue weighted by Gasteiger charge is -2.50. The fourth-order valence-electron chi connectivity index (χ4n) is 2.25. The van der Waals surface area contributed by atoms with Crippen LogP contribution < -0.4 is 5.73 Å². The molecule has 140 valence electrons. The Bertz CT molecular complexity index is 600. The molecular weight excluding hydrogens is 451 g/mol. The number of amides is 1. The van der Waals surface area contributed by atoms with Gasteiger partial charge in [-0.15, -0.1) is 11.8 Å². The molecule has 0 spiro atoms. The van der Waals surface area contributed by atoms with E-state index >= 15 is 0 Å². The van der Waals surface area contributed by atoms with Gasteiger partial charge in [-0.3, -0.25) is 4.79 Å². The monoisotopic (exact) mass is 464 g/mol.